The monoisotopic (exact) mass is 547 g/mol. The molecule has 1 saturated heterocycles. The van der Waals surface area contributed by atoms with E-state index < -0.39 is 33.5 Å². The van der Waals surface area contributed by atoms with Crippen molar-refractivity contribution in [3.8, 4) is 0 Å². The molecule has 3 aromatic carbocycles. The molecule has 2 N–H and O–H groups in total. The molecule has 1 heterocycles. The fourth-order valence-corrected chi connectivity index (χ4v) is 5.76. The average molecular weight is 548 g/mol. The summed E-state index contributed by atoms with van der Waals surface area (Å²) in [5.74, 6) is -3.59. The first kappa shape index (κ1) is 26.7. The van der Waals surface area contributed by atoms with Gasteiger partial charge in [0.2, 0.25) is 10.0 Å². The van der Waals surface area contributed by atoms with Crippen LogP contribution in [-0.4, -0.2) is 37.6 Å². The molecule has 194 valence electrons. The van der Waals surface area contributed by atoms with Crippen molar-refractivity contribution in [2.24, 2.45) is 0 Å². The number of nitrogens with zero attached hydrogens (tertiary/aromatic N) is 1. The number of sulfonamides is 1. The highest BCUT2D eigenvalue weighted by molar-refractivity contribution is 7.89. The van der Waals surface area contributed by atoms with Gasteiger partial charge in [0.15, 0.2) is 11.6 Å². The standard InChI is InChI=1S/C26H24ClF2N3O4S/c27-22-16-24(29)23(28)15-21(22)26(34)31-19-10-8-18(9-11-19)30-25(33)17-6-5-7-20(14-17)37(35,36)32-12-3-1-2-4-13-32/h5-11,14-16H,1-4,12-13H2,(H,30,33)(H,31,34). The summed E-state index contributed by atoms with van der Waals surface area (Å²) in [5, 5.41) is 4.97. The maximum atomic E-state index is 13.5. The maximum absolute atomic E-state index is 13.5. The topological polar surface area (TPSA) is 95.6 Å². The van der Waals surface area contributed by atoms with Crippen molar-refractivity contribution < 1.29 is 26.8 Å². The Bertz CT molecular complexity index is 1420. The molecule has 3 aromatic rings. The molecule has 0 spiro atoms. The number of anilines is 2. The number of benzene rings is 3. The molecule has 0 atom stereocenters. The molecule has 0 aliphatic carbocycles. The van der Waals surface area contributed by atoms with Gasteiger partial charge in [0.05, 0.1) is 15.5 Å². The highest BCUT2D eigenvalue weighted by atomic mass is 35.5. The van der Waals surface area contributed by atoms with Crippen molar-refractivity contribution in [2.75, 3.05) is 23.7 Å². The zero-order valence-electron chi connectivity index (χ0n) is 19.6. The molecule has 0 aromatic heterocycles. The molecule has 1 aliphatic heterocycles. The summed E-state index contributed by atoms with van der Waals surface area (Å²) in [4.78, 5) is 25.3. The van der Waals surface area contributed by atoms with Crippen LogP contribution in [0.4, 0.5) is 20.2 Å². The van der Waals surface area contributed by atoms with Crippen LogP contribution < -0.4 is 10.6 Å². The summed E-state index contributed by atoms with van der Waals surface area (Å²) in [6.45, 7) is 0.925. The fraction of sp³-hybridized carbons (Fsp3) is 0.231. The predicted molar refractivity (Wildman–Crippen MR) is 137 cm³/mol. The van der Waals surface area contributed by atoms with Gasteiger partial charge >= 0.3 is 0 Å². The van der Waals surface area contributed by atoms with Crippen LogP contribution >= 0.6 is 11.6 Å². The van der Waals surface area contributed by atoms with E-state index in [0.717, 1.165) is 31.7 Å². The Morgan fingerprint density at radius 2 is 1.35 bits per heavy atom. The quantitative estimate of drug-likeness (QED) is 0.388. The third-order valence-corrected chi connectivity index (χ3v) is 8.16. The summed E-state index contributed by atoms with van der Waals surface area (Å²) in [6.07, 6.45) is 3.61. The summed E-state index contributed by atoms with van der Waals surface area (Å²) >= 11 is 5.84. The molecular formula is C26H24ClF2N3O4S. The Balaban J connectivity index is 1.43. The third-order valence-electron chi connectivity index (χ3n) is 5.95. The Morgan fingerprint density at radius 3 is 1.97 bits per heavy atom. The van der Waals surface area contributed by atoms with Crippen molar-refractivity contribution in [1.29, 1.82) is 0 Å². The van der Waals surface area contributed by atoms with Crippen LogP contribution in [0.25, 0.3) is 0 Å². The minimum atomic E-state index is -3.70. The molecule has 37 heavy (non-hydrogen) atoms. The number of carbonyl (C=O) groups excluding carboxylic acids is 2. The summed E-state index contributed by atoms with van der Waals surface area (Å²) in [5.41, 5.74) is 0.679. The van der Waals surface area contributed by atoms with Gasteiger partial charge in [0.25, 0.3) is 11.8 Å². The largest absolute Gasteiger partial charge is 0.322 e. The van der Waals surface area contributed by atoms with Crippen LogP contribution in [0.3, 0.4) is 0 Å². The Morgan fingerprint density at radius 1 is 0.784 bits per heavy atom. The lowest BCUT2D eigenvalue weighted by Gasteiger charge is -2.20. The van der Waals surface area contributed by atoms with Gasteiger partial charge in [-0.1, -0.05) is 30.5 Å². The Kier molecular flexibility index (Phi) is 8.21. The third kappa shape index (κ3) is 6.33. The lowest BCUT2D eigenvalue weighted by molar-refractivity contribution is 0.101. The van der Waals surface area contributed by atoms with E-state index in [9.17, 15) is 26.8 Å². The normalized spacial score (nSPS) is 14.6. The Hall–Kier alpha value is -3.34. The van der Waals surface area contributed by atoms with E-state index in [4.69, 9.17) is 11.6 Å². The van der Waals surface area contributed by atoms with Crippen LogP contribution in [-0.2, 0) is 10.0 Å². The van der Waals surface area contributed by atoms with E-state index in [0.29, 0.717) is 30.5 Å². The zero-order chi connectivity index (χ0) is 26.6. The van der Waals surface area contributed by atoms with Crippen molar-refractivity contribution >= 4 is 44.8 Å². The molecule has 4 rings (SSSR count). The van der Waals surface area contributed by atoms with Crippen LogP contribution in [0.1, 0.15) is 46.4 Å². The van der Waals surface area contributed by atoms with E-state index in [1.54, 1.807) is 0 Å². The Labute approximate surface area is 218 Å². The molecule has 7 nitrogen and oxygen atoms in total. The van der Waals surface area contributed by atoms with Crippen molar-refractivity contribution in [3.63, 3.8) is 0 Å². The van der Waals surface area contributed by atoms with Crippen molar-refractivity contribution in [2.45, 2.75) is 30.6 Å². The van der Waals surface area contributed by atoms with Gasteiger partial charge in [-0.05, 0) is 67.4 Å². The lowest BCUT2D eigenvalue weighted by Crippen LogP contribution is -2.32. The first-order chi connectivity index (χ1) is 17.6. The van der Waals surface area contributed by atoms with Crippen LogP contribution in [0.2, 0.25) is 5.02 Å². The van der Waals surface area contributed by atoms with Gasteiger partial charge in [-0.25, -0.2) is 17.2 Å². The molecule has 1 aliphatic rings. The van der Waals surface area contributed by atoms with Gasteiger partial charge in [0.1, 0.15) is 0 Å². The first-order valence-electron chi connectivity index (χ1n) is 11.6. The number of hydrogen-bond donors (Lipinski definition) is 2. The van der Waals surface area contributed by atoms with Gasteiger partial charge in [-0.2, -0.15) is 4.31 Å². The molecule has 0 radical (unpaired) electrons. The van der Waals surface area contributed by atoms with Crippen LogP contribution in [0.5, 0.6) is 0 Å². The molecule has 0 saturated carbocycles. The second-order valence-electron chi connectivity index (χ2n) is 8.58. The molecule has 0 unspecified atom stereocenters. The smallest absolute Gasteiger partial charge is 0.257 e. The van der Waals surface area contributed by atoms with Crippen LogP contribution in [0.15, 0.2) is 65.6 Å². The number of carbonyl (C=O) groups is 2. The van der Waals surface area contributed by atoms with Crippen molar-refractivity contribution in [3.05, 3.63) is 88.4 Å². The summed E-state index contributed by atoms with van der Waals surface area (Å²) in [7, 11) is -3.70. The van der Waals surface area contributed by atoms with Gasteiger partial charge < -0.3 is 10.6 Å². The van der Waals surface area contributed by atoms with E-state index in [1.165, 1.54) is 52.8 Å². The number of hydrogen-bond acceptors (Lipinski definition) is 4. The summed E-state index contributed by atoms with van der Waals surface area (Å²) < 4.78 is 54.3. The minimum Gasteiger partial charge on any atom is -0.322 e. The highest BCUT2D eigenvalue weighted by Crippen LogP contribution is 2.24. The predicted octanol–water partition coefficient (Wildman–Crippen LogP) is 5.69. The molecular weight excluding hydrogens is 524 g/mol. The molecule has 11 heteroatoms. The second kappa shape index (κ2) is 11.4. The molecule has 1 fully saturated rings. The van der Waals surface area contributed by atoms with Crippen LogP contribution in [0, 0.1) is 11.6 Å². The number of rotatable bonds is 6. The second-order valence-corrected chi connectivity index (χ2v) is 10.9. The van der Waals surface area contributed by atoms with E-state index in [-0.39, 0.29) is 21.0 Å². The maximum Gasteiger partial charge on any atom is 0.257 e. The number of nitrogens with one attached hydrogen (secondary N) is 2. The average Bonchev–Trinajstić information content (AvgIpc) is 3.18. The van der Waals surface area contributed by atoms with E-state index in [1.807, 2.05) is 0 Å². The lowest BCUT2D eigenvalue weighted by atomic mass is 10.2. The minimum absolute atomic E-state index is 0.0657. The van der Waals surface area contributed by atoms with Gasteiger partial charge in [0, 0.05) is 30.0 Å². The first-order valence-corrected chi connectivity index (χ1v) is 13.4. The van der Waals surface area contributed by atoms with Crippen molar-refractivity contribution in [1.82, 2.24) is 4.31 Å². The SMILES string of the molecule is O=C(Nc1ccc(NC(=O)c2cc(F)c(F)cc2Cl)cc1)c1cccc(S(=O)(=O)N2CCCCCC2)c1. The van der Waals surface area contributed by atoms with Gasteiger partial charge in [-0.3, -0.25) is 9.59 Å². The van der Waals surface area contributed by atoms with E-state index in [2.05, 4.69) is 10.6 Å². The highest BCUT2D eigenvalue weighted by Gasteiger charge is 2.26. The molecule has 0 bridgehead atoms. The number of amides is 2. The zero-order valence-corrected chi connectivity index (χ0v) is 21.2. The van der Waals surface area contributed by atoms with E-state index >= 15 is 0 Å². The number of halogens is 3. The fourth-order valence-electron chi connectivity index (χ4n) is 3.96. The molecule has 2 amide bonds. The van der Waals surface area contributed by atoms with Gasteiger partial charge in [-0.15, -0.1) is 0 Å². The summed E-state index contributed by atoms with van der Waals surface area (Å²) in [6, 6.07) is 13.4.